The molecule has 0 spiro atoms. The molecular weight excluding hydrogens is 294 g/mol. The normalized spacial score (nSPS) is 12.9. The van der Waals surface area contributed by atoms with Crippen LogP contribution in [-0.2, 0) is 19.6 Å². The summed E-state index contributed by atoms with van der Waals surface area (Å²) in [6.07, 6.45) is 0. The number of carbonyl (C=O) groups is 1. The minimum atomic E-state index is -3.71. The molecule has 0 aromatic heterocycles. The van der Waals surface area contributed by atoms with E-state index in [2.05, 4.69) is 10.0 Å². The summed E-state index contributed by atoms with van der Waals surface area (Å²) in [5.41, 5.74) is 6.54. The van der Waals surface area contributed by atoms with Gasteiger partial charge in [0.1, 0.15) is 0 Å². The smallest absolute Gasteiger partial charge is 0.241 e. The Balaban J connectivity index is 2.59. The molecule has 1 aromatic rings. The standard InChI is InChI=1S/C13H21N3O4S/c1-10(14)11-3-5-12(6-4-11)21(18,19)16-9-13(17)15-7-8-20-2/h3-6,10,16H,7-9,14H2,1-2H3,(H,15,17). The van der Waals surface area contributed by atoms with Gasteiger partial charge in [-0.1, -0.05) is 12.1 Å². The SMILES string of the molecule is COCCNC(=O)CNS(=O)(=O)c1ccc(C(C)N)cc1. The predicted octanol–water partition coefficient (Wildman–Crippen LogP) is -0.253. The van der Waals surface area contributed by atoms with Crippen LogP contribution in [-0.4, -0.2) is 41.1 Å². The molecule has 0 bridgehead atoms. The largest absolute Gasteiger partial charge is 0.383 e. The van der Waals surface area contributed by atoms with E-state index in [-0.39, 0.29) is 17.5 Å². The van der Waals surface area contributed by atoms with Crippen molar-refractivity contribution in [3.8, 4) is 0 Å². The van der Waals surface area contributed by atoms with Crippen molar-refractivity contribution in [2.24, 2.45) is 5.73 Å². The maximum Gasteiger partial charge on any atom is 0.241 e. The van der Waals surface area contributed by atoms with Crippen LogP contribution in [0, 0.1) is 0 Å². The third kappa shape index (κ3) is 5.80. The monoisotopic (exact) mass is 315 g/mol. The second-order valence-corrected chi connectivity index (χ2v) is 6.29. The molecule has 0 aliphatic heterocycles. The van der Waals surface area contributed by atoms with Crippen molar-refractivity contribution >= 4 is 15.9 Å². The quantitative estimate of drug-likeness (QED) is 0.573. The Morgan fingerprint density at radius 2 is 1.95 bits per heavy atom. The highest BCUT2D eigenvalue weighted by Gasteiger charge is 2.15. The number of nitrogens with two attached hydrogens (primary N) is 1. The molecule has 0 saturated carbocycles. The van der Waals surface area contributed by atoms with Gasteiger partial charge < -0.3 is 15.8 Å². The van der Waals surface area contributed by atoms with Gasteiger partial charge in [0.2, 0.25) is 15.9 Å². The highest BCUT2D eigenvalue weighted by Crippen LogP contribution is 2.14. The molecule has 0 heterocycles. The summed E-state index contributed by atoms with van der Waals surface area (Å²) in [6.45, 7) is 2.20. The zero-order valence-corrected chi connectivity index (χ0v) is 12.9. The average molecular weight is 315 g/mol. The predicted molar refractivity (Wildman–Crippen MR) is 79.1 cm³/mol. The molecule has 0 fully saturated rings. The lowest BCUT2D eigenvalue weighted by atomic mass is 10.1. The van der Waals surface area contributed by atoms with Crippen molar-refractivity contribution in [2.75, 3.05) is 26.8 Å². The fraction of sp³-hybridized carbons (Fsp3) is 0.462. The molecule has 1 atom stereocenters. The molecule has 21 heavy (non-hydrogen) atoms. The minimum absolute atomic E-state index is 0.0941. The van der Waals surface area contributed by atoms with Crippen LogP contribution in [0.4, 0.5) is 0 Å². The van der Waals surface area contributed by atoms with Crippen LogP contribution in [0.25, 0.3) is 0 Å². The summed E-state index contributed by atoms with van der Waals surface area (Å²) in [4.78, 5) is 11.5. The van der Waals surface area contributed by atoms with Crippen molar-refractivity contribution in [3.05, 3.63) is 29.8 Å². The van der Waals surface area contributed by atoms with E-state index in [0.29, 0.717) is 13.2 Å². The Kier molecular flexibility index (Phi) is 6.76. The first-order chi connectivity index (χ1) is 9.86. The van der Waals surface area contributed by atoms with Crippen molar-refractivity contribution in [2.45, 2.75) is 17.9 Å². The van der Waals surface area contributed by atoms with E-state index in [0.717, 1.165) is 5.56 Å². The maximum absolute atomic E-state index is 12.0. The van der Waals surface area contributed by atoms with Crippen LogP contribution >= 0.6 is 0 Å². The second-order valence-electron chi connectivity index (χ2n) is 4.53. The van der Waals surface area contributed by atoms with Gasteiger partial charge in [-0.25, -0.2) is 13.1 Å². The van der Waals surface area contributed by atoms with Crippen molar-refractivity contribution in [1.29, 1.82) is 0 Å². The average Bonchev–Trinajstić information content (AvgIpc) is 2.45. The molecule has 4 N–H and O–H groups in total. The van der Waals surface area contributed by atoms with Crippen molar-refractivity contribution in [1.82, 2.24) is 10.0 Å². The van der Waals surface area contributed by atoms with Gasteiger partial charge in [-0.2, -0.15) is 0 Å². The Hall–Kier alpha value is -1.48. The van der Waals surface area contributed by atoms with Gasteiger partial charge in [-0.3, -0.25) is 4.79 Å². The second kappa shape index (κ2) is 8.08. The lowest BCUT2D eigenvalue weighted by Crippen LogP contribution is -2.38. The van der Waals surface area contributed by atoms with Crippen LogP contribution < -0.4 is 15.8 Å². The molecule has 118 valence electrons. The van der Waals surface area contributed by atoms with Gasteiger partial charge in [0.25, 0.3) is 0 Å². The third-order valence-electron chi connectivity index (χ3n) is 2.77. The maximum atomic E-state index is 12.0. The molecule has 1 aromatic carbocycles. The molecule has 0 aliphatic rings. The number of hydrogen-bond donors (Lipinski definition) is 3. The third-order valence-corrected chi connectivity index (χ3v) is 4.18. The Bertz CT molecular complexity index is 555. The van der Waals surface area contributed by atoms with Gasteiger partial charge in [-0.15, -0.1) is 0 Å². The van der Waals surface area contributed by atoms with E-state index < -0.39 is 15.9 Å². The van der Waals surface area contributed by atoms with E-state index in [9.17, 15) is 13.2 Å². The summed E-state index contributed by atoms with van der Waals surface area (Å²) in [5, 5.41) is 2.52. The van der Waals surface area contributed by atoms with E-state index in [1.165, 1.54) is 19.2 Å². The van der Waals surface area contributed by atoms with Gasteiger partial charge in [0.05, 0.1) is 18.0 Å². The fourth-order valence-electron chi connectivity index (χ4n) is 1.55. The highest BCUT2D eigenvalue weighted by atomic mass is 32.2. The van der Waals surface area contributed by atoms with Crippen LogP contribution in [0.5, 0.6) is 0 Å². The van der Waals surface area contributed by atoms with Gasteiger partial charge in [0, 0.05) is 19.7 Å². The molecule has 1 amide bonds. The number of hydrogen-bond acceptors (Lipinski definition) is 5. The number of benzene rings is 1. The molecule has 1 rings (SSSR count). The number of carbonyl (C=O) groups excluding carboxylic acids is 1. The Labute approximate surface area is 124 Å². The number of nitrogens with one attached hydrogen (secondary N) is 2. The number of rotatable bonds is 8. The van der Waals surface area contributed by atoms with Crippen LogP contribution in [0.3, 0.4) is 0 Å². The van der Waals surface area contributed by atoms with Crippen LogP contribution in [0.2, 0.25) is 0 Å². The van der Waals surface area contributed by atoms with E-state index in [1.54, 1.807) is 12.1 Å². The summed E-state index contributed by atoms with van der Waals surface area (Å²) in [5.74, 6) is -0.414. The summed E-state index contributed by atoms with van der Waals surface area (Å²) < 4.78 is 31.0. The van der Waals surface area contributed by atoms with E-state index >= 15 is 0 Å². The first-order valence-electron chi connectivity index (χ1n) is 6.47. The minimum Gasteiger partial charge on any atom is -0.383 e. The van der Waals surface area contributed by atoms with E-state index in [4.69, 9.17) is 10.5 Å². The summed E-state index contributed by atoms with van der Waals surface area (Å²) in [6, 6.07) is 6.06. The topological polar surface area (TPSA) is 111 Å². The number of ether oxygens (including phenoxy) is 1. The first-order valence-corrected chi connectivity index (χ1v) is 7.96. The zero-order chi connectivity index (χ0) is 15.9. The number of sulfonamides is 1. The summed E-state index contributed by atoms with van der Waals surface area (Å²) in [7, 11) is -2.20. The number of methoxy groups -OCH3 is 1. The van der Waals surface area contributed by atoms with Gasteiger partial charge >= 0.3 is 0 Å². The molecule has 8 heteroatoms. The molecule has 1 unspecified atom stereocenters. The molecule has 7 nitrogen and oxygen atoms in total. The van der Waals surface area contributed by atoms with Crippen LogP contribution in [0.15, 0.2) is 29.2 Å². The number of amides is 1. The van der Waals surface area contributed by atoms with Gasteiger partial charge in [-0.05, 0) is 24.6 Å². The summed E-state index contributed by atoms with van der Waals surface area (Å²) >= 11 is 0. The molecule has 0 saturated heterocycles. The van der Waals surface area contributed by atoms with Crippen molar-refractivity contribution in [3.63, 3.8) is 0 Å². The van der Waals surface area contributed by atoms with E-state index in [1.807, 2.05) is 6.92 Å². The lowest BCUT2D eigenvalue weighted by molar-refractivity contribution is -0.120. The Morgan fingerprint density at radius 3 is 2.48 bits per heavy atom. The fourth-order valence-corrected chi connectivity index (χ4v) is 2.53. The zero-order valence-electron chi connectivity index (χ0n) is 12.1. The highest BCUT2D eigenvalue weighted by molar-refractivity contribution is 7.89. The Morgan fingerprint density at radius 1 is 1.33 bits per heavy atom. The molecule has 0 aliphatic carbocycles. The molecule has 0 radical (unpaired) electrons. The first kappa shape index (κ1) is 17.6. The lowest BCUT2D eigenvalue weighted by Gasteiger charge is -2.09. The van der Waals surface area contributed by atoms with Crippen LogP contribution in [0.1, 0.15) is 18.5 Å². The van der Waals surface area contributed by atoms with Gasteiger partial charge in [0.15, 0.2) is 0 Å². The van der Waals surface area contributed by atoms with Crippen molar-refractivity contribution < 1.29 is 17.9 Å². The molecular formula is C13H21N3O4S.